The Balaban J connectivity index is 1.82. The zero-order valence-corrected chi connectivity index (χ0v) is 9.82. The molecule has 1 fully saturated rings. The number of nitrogens with one attached hydrogen (secondary N) is 2. The van der Waals surface area contributed by atoms with E-state index in [1.54, 1.807) is 7.11 Å². The maximum atomic E-state index is 11.9. The van der Waals surface area contributed by atoms with Gasteiger partial charge in [0.2, 0.25) is 5.91 Å². The van der Waals surface area contributed by atoms with Crippen molar-refractivity contribution in [3.8, 4) is 5.75 Å². The average Bonchev–Trinajstić information content (AvgIpc) is 3.13. The second-order valence-electron chi connectivity index (χ2n) is 4.78. The highest BCUT2D eigenvalue weighted by molar-refractivity contribution is 6.03. The van der Waals surface area contributed by atoms with Gasteiger partial charge in [0.1, 0.15) is 11.8 Å². The Hall–Kier alpha value is -1.71. The summed E-state index contributed by atoms with van der Waals surface area (Å²) < 4.78 is 5.18. The third-order valence-corrected chi connectivity index (χ3v) is 3.40. The molecule has 4 nitrogen and oxygen atoms in total. The van der Waals surface area contributed by atoms with Crippen LogP contribution in [0.4, 0.5) is 11.4 Å². The van der Waals surface area contributed by atoms with Gasteiger partial charge in [-0.3, -0.25) is 4.79 Å². The van der Waals surface area contributed by atoms with Gasteiger partial charge in [-0.05, 0) is 24.5 Å². The molecule has 0 bridgehead atoms. The lowest BCUT2D eigenvalue weighted by atomic mass is 10.1. The van der Waals surface area contributed by atoms with Gasteiger partial charge in [0.25, 0.3) is 0 Å². The number of rotatable bonds is 3. The first-order valence-corrected chi connectivity index (χ1v) is 6.01. The van der Waals surface area contributed by atoms with E-state index >= 15 is 0 Å². The highest BCUT2D eigenvalue weighted by Gasteiger charge is 2.32. The summed E-state index contributed by atoms with van der Waals surface area (Å²) in [6, 6.07) is 5.55. The van der Waals surface area contributed by atoms with Gasteiger partial charge < -0.3 is 15.4 Å². The van der Waals surface area contributed by atoms with Crippen LogP contribution in [0.5, 0.6) is 5.75 Å². The molecule has 1 unspecified atom stereocenters. The largest absolute Gasteiger partial charge is 0.497 e. The van der Waals surface area contributed by atoms with Gasteiger partial charge in [-0.25, -0.2) is 0 Å². The van der Waals surface area contributed by atoms with Crippen LogP contribution in [-0.4, -0.2) is 19.1 Å². The molecule has 2 N–H and O–H groups in total. The molecule has 1 aromatic rings. The predicted octanol–water partition coefficient (Wildman–Crippen LogP) is 2.23. The molecule has 17 heavy (non-hydrogen) atoms. The fraction of sp³-hybridized carbons (Fsp3) is 0.462. The summed E-state index contributed by atoms with van der Waals surface area (Å²) in [4.78, 5) is 11.9. The molecule has 90 valence electrons. The Kier molecular flexibility index (Phi) is 2.42. The van der Waals surface area contributed by atoms with E-state index in [2.05, 4.69) is 10.6 Å². The van der Waals surface area contributed by atoms with E-state index in [0.717, 1.165) is 29.5 Å². The number of carbonyl (C=O) groups is 1. The molecule has 4 heteroatoms. The maximum absolute atomic E-state index is 11.9. The van der Waals surface area contributed by atoms with Gasteiger partial charge >= 0.3 is 0 Å². The lowest BCUT2D eigenvalue weighted by Gasteiger charge is -2.27. The Labute approximate surface area is 100 Å². The number of ether oxygens (including phenoxy) is 1. The van der Waals surface area contributed by atoms with Crippen LogP contribution in [0.2, 0.25) is 0 Å². The van der Waals surface area contributed by atoms with Gasteiger partial charge in [0.05, 0.1) is 18.5 Å². The molecule has 1 heterocycles. The summed E-state index contributed by atoms with van der Waals surface area (Å²) >= 11 is 0. The number of benzene rings is 1. The maximum Gasteiger partial charge on any atom is 0.246 e. The van der Waals surface area contributed by atoms with E-state index in [-0.39, 0.29) is 11.9 Å². The second kappa shape index (κ2) is 3.95. The number of hydrogen-bond acceptors (Lipinski definition) is 3. The summed E-state index contributed by atoms with van der Waals surface area (Å²) in [6.07, 6.45) is 3.45. The number of fused-ring (bicyclic) bond motifs is 1. The molecule has 1 aromatic carbocycles. The molecule has 1 amide bonds. The number of anilines is 2. The van der Waals surface area contributed by atoms with E-state index < -0.39 is 0 Å². The van der Waals surface area contributed by atoms with Crippen LogP contribution in [0.1, 0.15) is 19.3 Å². The second-order valence-corrected chi connectivity index (χ2v) is 4.78. The van der Waals surface area contributed by atoms with Gasteiger partial charge in [-0.1, -0.05) is 12.8 Å². The van der Waals surface area contributed by atoms with Gasteiger partial charge in [-0.15, -0.1) is 0 Å². The van der Waals surface area contributed by atoms with Crippen LogP contribution < -0.4 is 15.4 Å². The van der Waals surface area contributed by atoms with Gasteiger partial charge in [0, 0.05) is 6.07 Å². The molecular formula is C13H16N2O2. The zero-order valence-electron chi connectivity index (χ0n) is 9.82. The summed E-state index contributed by atoms with van der Waals surface area (Å²) in [5.74, 6) is 1.61. The molecule has 0 spiro atoms. The summed E-state index contributed by atoms with van der Waals surface area (Å²) in [7, 11) is 1.64. The van der Waals surface area contributed by atoms with Crippen molar-refractivity contribution in [3.05, 3.63) is 18.2 Å². The molecule has 0 saturated heterocycles. The standard InChI is InChI=1S/C13H16N2O2/c1-17-9-4-5-10-11(7-9)14-12(13(16)15-10)6-8-2-3-8/h4-5,7-8,12,14H,2-3,6H2,1H3,(H,15,16). The molecule has 1 aliphatic carbocycles. The number of amides is 1. The number of carbonyl (C=O) groups excluding carboxylic acids is 1. The van der Waals surface area contributed by atoms with Gasteiger partial charge in [-0.2, -0.15) is 0 Å². The first-order chi connectivity index (χ1) is 8.26. The highest BCUT2D eigenvalue weighted by Crippen LogP contribution is 2.37. The van der Waals surface area contributed by atoms with Crippen LogP contribution in [-0.2, 0) is 4.79 Å². The smallest absolute Gasteiger partial charge is 0.246 e. The molecular weight excluding hydrogens is 216 g/mol. The van der Waals surface area contributed by atoms with Crippen LogP contribution in [0.15, 0.2) is 18.2 Å². The SMILES string of the molecule is COc1ccc2c(c1)NC(CC1CC1)C(=O)N2. The molecule has 0 aromatic heterocycles. The van der Waals surface area contributed by atoms with Crippen LogP contribution in [0.3, 0.4) is 0 Å². The predicted molar refractivity (Wildman–Crippen MR) is 66.4 cm³/mol. The Morgan fingerprint density at radius 3 is 2.88 bits per heavy atom. The van der Waals surface area contributed by atoms with Crippen molar-refractivity contribution in [1.82, 2.24) is 0 Å². The van der Waals surface area contributed by atoms with E-state index in [9.17, 15) is 4.79 Å². The van der Waals surface area contributed by atoms with Gasteiger partial charge in [0.15, 0.2) is 0 Å². The lowest BCUT2D eigenvalue weighted by molar-refractivity contribution is -0.117. The lowest BCUT2D eigenvalue weighted by Crippen LogP contribution is -2.39. The minimum atomic E-state index is -0.0953. The monoisotopic (exact) mass is 232 g/mol. The van der Waals surface area contributed by atoms with Crippen LogP contribution >= 0.6 is 0 Å². The van der Waals surface area contributed by atoms with Crippen LogP contribution in [0, 0.1) is 5.92 Å². The zero-order chi connectivity index (χ0) is 11.8. The van der Waals surface area contributed by atoms with E-state index in [0.29, 0.717) is 0 Å². The summed E-state index contributed by atoms with van der Waals surface area (Å²) in [6.45, 7) is 0. The Bertz CT molecular complexity index is 455. The first kappa shape index (κ1) is 10.4. The van der Waals surface area contributed by atoms with Crippen molar-refractivity contribution in [2.75, 3.05) is 17.7 Å². The fourth-order valence-electron chi connectivity index (χ4n) is 2.20. The first-order valence-electron chi connectivity index (χ1n) is 6.01. The summed E-state index contributed by atoms with van der Waals surface area (Å²) in [5, 5.41) is 6.24. The summed E-state index contributed by atoms with van der Waals surface area (Å²) in [5.41, 5.74) is 1.79. The molecule has 1 aliphatic heterocycles. The Morgan fingerprint density at radius 2 is 2.18 bits per heavy atom. The van der Waals surface area contributed by atoms with E-state index in [1.165, 1.54) is 12.8 Å². The van der Waals surface area contributed by atoms with E-state index in [1.807, 2.05) is 18.2 Å². The van der Waals surface area contributed by atoms with Crippen molar-refractivity contribution in [1.29, 1.82) is 0 Å². The molecule has 3 rings (SSSR count). The fourth-order valence-corrected chi connectivity index (χ4v) is 2.20. The van der Waals surface area contributed by atoms with Crippen LogP contribution in [0.25, 0.3) is 0 Å². The van der Waals surface area contributed by atoms with Crippen molar-refractivity contribution < 1.29 is 9.53 Å². The quantitative estimate of drug-likeness (QED) is 0.840. The van der Waals surface area contributed by atoms with Crippen molar-refractivity contribution in [3.63, 3.8) is 0 Å². The highest BCUT2D eigenvalue weighted by atomic mass is 16.5. The molecule has 1 atom stereocenters. The molecule has 2 aliphatic rings. The third kappa shape index (κ3) is 2.07. The number of hydrogen-bond donors (Lipinski definition) is 2. The molecule has 0 radical (unpaired) electrons. The van der Waals surface area contributed by atoms with Crippen molar-refractivity contribution >= 4 is 17.3 Å². The molecule has 1 saturated carbocycles. The average molecular weight is 232 g/mol. The topological polar surface area (TPSA) is 50.4 Å². The van der Waals surface area contributed by atoms with Crippen molar-refractivity contribution in [2.24, 2.45) is 5.92 Å². The Morgan fingerprint density at radius 1 is 1.35 bits per heavy atom. The number of methoxy groups -OCH3 is 1. The normalized spacial score (nSPS) is 22.4. The van der Waals surface area contributed by atoms with E-state index in [4.69, 9.17) is 4.74 Å². The third-order valence-electron chi connectivity index (χ3n) is 3.40. The van der Waals surface area contributed by atoms with Crippen molar-refractivity contribution in [2.45, 2.75) is 25.3 Å². The minimum absolute atomic E-state index is 0.0783. The minimum Gasteiger partial charge on any atom is -0.497 e.